The Hall–Kier alpha value is -1.39. The van der Waals surface area contributed by atoms with Crippen molar-refractivity contribution in [1.29, 1.82) is 0 Å². The predicted octanol–water partition coefficient (Wildman–Crippen LogP) is 1.13. The van der Waals surface area contributed by atoms with E-state index in [1.54, 1.807) is 7.11 Å². The van der Waals surface area contributed by atoms with E-state index in [0.29, 0.717) is 12.6 Å². The van der Waals surface area contributed by atoms with Gasteiger partial charge >= 0.3 is 0 Å². The van der Waals surface area contributed by atoms with Gasteiger partial charge in [-0.25, -0.2) is 4.98 Å². The number of aliphatic hydroxyl groups excluding tert-OH is 1. The molecule has 1 heterocycles. The summed E-state index contributed by atoms with van der Waals surface area (Å²) in [5.41, 5.74) is 1.87. The zero-order chi connectivity index (χ0) is 9.97. The summed E-state index contributed by atoms with van der Waals surface area (Å²) in [6.07, 6.45) is 0. The van der Waals surface area contributed by atoms with Gasteiger partial charge in [0, 0.05) is 7.11 Å². The first-order valence-electron chi connectivity index (χ1n) is 4.40. The van der Waals surface area contributed by atoms with Crippen LogP contribution in [0.25, 0.3) is 11.0 Å². The van der Waals surface area contributed by atoms with Crippen LogP contribution in [-0.4, -0.2) is 21.8 Å². The van der Waals surface area contributed by atoms with Crippen molar-refractivity contribution in [3.05, 3.63) is 30.1 Å². The van der Waals surface area contributed by atoms with Crippen LogP contribution in [0.5, 0.6) is 0 Å². The predicted molar refractivity (Wildman–Crippen MR) is 52.7 cm³/mol. The third-order valence-corrected chi connectivity index (χ3v) is 2.13. The van der Waals surface area contributed by atoms with Crippen LogP contribution in [0.1, 0.15) is 5.82 Å². The molecule has 0 bridgehead atoms. The van der Waals surface area contributed by atoms with Gasteiger partial charge in [0.25, 0.3) is 0 Å². The summed E-state index contributed by atoms with van der Waals surface area (Å²) in [7, 11) is 1.62. The van der Waals surface area contributed by atoms with E-state index in [0.717, 1.165) is 11.0 Å². The number of para-hydroxylation sites is 2. The van der Waals surface area contributed by atoms with Crippen molar-refractivity contribution in [1.82, 2.24) is 9.55 Å². The molecule has 0 saturated carbocycles. The van der Waals surface area contributed by atoms with Crippen LogP contribution in [0.4, 0.5) is 0 Å². The van der Waals surface area contributed by atoms with Gasteiger partial charge in [-0.15, -0.1) is 0 Å². The lowest BCUT2D eigenvalue weighted by Crippen LogP contribution is -2.04. The zero-order valence-corrected chi connectivity index (χ0v) is 7.97. The molecular formula is C10H12N2O2. The Morgan fingerprint density at radius 3 is 2.93 bits per heavy atom. The highest BCUT2D eigenvalue weighted by Gasteiger charge is 2.07. The molecule has 0 atom stereocenters. The quantitative estimate of drug-likeness (QED) is 0.793. The van der Waals surface area contributed by atoms with E-state index in [1.807, 2.05) is 28.8 Å². The van der Waals surface area contributed by atoms with Crippen LogP contribution in [0.3, 0.4) is 0 Å². The standard InChI is InChI=1S/C10H12N2O2/c1-14-7-12-9-5-3-2-4-8(9)11-10(12)6-13/h2-5,13H,6-7H2,1H3. The topological polar surface area (TPSA) is 47.3 Å². The molecule has 0 saturated heterocycles. The first-order valence-corrected chi connectivity index (χ1v) is 4.40. The van der Waals surface area contributed by atoms with Gasteiger partial charge < -0.3 is 14.4 Å². The average molecular weight is 192 g/mol. The van der Waals surface area contributed by atoms with Gasteiger partial charge in [0.15, 0.2) is 0 Å². The number of fused-ring (bicyclic) bond motifs is 1. The molecule has 1 N–H and O–H groups in total. The minimum Gasteiger partial charge on any atom is -0.388 e. The number of ether oxygens (including phenoxy) is 1. The molecule has 0 aliphatic heterocycles. The third-order valence-electron chi connectivity index (χ3n) is 2.13. The Bertz CT molecular complexity index is 437. The van der Waals surface area contributed by atoms with E-state index in [-0.39, 0.29) is 6.61 Å². The number of nitrogens with zero attached hydrogens (tertiary/aromatic N) is 2. The van der Waals surface area contributed by atoms with Gasteiger partial charge in [0.1, 0.15) is 19.2 Å². The Balaban J connectivity index is 2.61. The molecule has 0 aliphatic rings. The van der Waals surface area contributed by atoms with Gasteiger partial charge in [0.2, 0.25) is 0 Å². The lowest BCUT2D eigenvalue weighted by Gasteiger charge is -2.04. The minimum atomic E-state index is -0.0714. The normalized spacial score (nSPS) is 11.0. The van der Waals surface area contributed by atoms with Crippen LogP contribution in [0, 0.1) is 0 Å². The zero-order valence-electron chi connectivity index (χ0n) is 7.97. The number of hydrogen-bond acceptors (Lipinski definition) is 3. The highest BCUT2D eigenvalue weighted by molar-refractivity contribution is 5.75. The van der Waals surface area contributed by atoms with Gasteiger partial charge in [0.05, 0.1) is 11.0 Å². The molecule has 4 nitrogen and oxygen atoms in total. The molecule has 1 aromatic carbocycles. The third kappa shape index (κ3) is 1.38. The summed E-state index contributed by atoms with van der Waals surface area (Å²) in [6.45, 7) is 0.342. The highest BCUT2D eigenvalue weighted by Crippen LogP contribution is 2.15. The van der Waals surface area contributed by atoms with E-state index in [1.165, 1.54) is 0 Å². The molecule has 14 heavy (non-hydrogen) atoms. The van der Waals surface area contributed by atoms with E-state index < -0.39 is 0 Å². The molecule has 2 aromatic rings. The second-order valence-electron chi connectivity index (χ2n) is 3.02. The van der Waals surface area contributed by atoms with Crippen LogP contribution >= 0.6 is 0 Å². The number of aromatic nitrogens is 2. The highest BCUT2D eigenvalue weighted by atomic mass is 16.5. The fourth-order valence-electron chi connectivity index (χ4n) is 1.52. The monoisotopic (exact) mass is 192 g/mol. The maximum atomic E-state index is 9.11. The number of benzene rings is 1. The Labute approximate surface area is 81.8 Å². The fourth-order valence-corrected chi connectivity index (χ4v) is 1.52. The molecule has 2 rings (SSSR count). The van der Waals surface area contributed by atoms with Crippen molar-refractivity contribution in [2.24, 2.45) is 0 Å². The Morgan fingerprint density at radius 1 is 1.43 bits per heavy atom. The van der Waals surface area contributed by atoms with Crippen molar-refractivity contribution in [2.45, 2.75) is 13.3 Å². The largest absolute Gasteiger partial charge is 0.388 e. The molecule has 4 heteroatoms. The van der Waals surface area contributed by atoms with Crippen molar-refractivity contribution in [3.63, 3.8) is 0 Å². The summed E-state index contributed by atoms with van der Waals surface area (Å²) in [5.74, 6) is 0.632. The summed E-state index contributed by atoms with van der Waals surface area (Å²) < 4.78 is 6.91. The molecule has 0 spiro atoms. The first kappa shape index (κ1) is 9.18. The molecule has 74 valence electrons. The minimum absolute atomic E-state index is 0.0714. The van der Waals surface area contributed by atoms with Gasteiger partial charge in [-0.1, -0.05) is 12.1 Å². The SMILES string of the molecule is COCn1c(CO)nc2ccccc21. The van der Waals surface area contributed by atoms with E-state index in [2.05, 4.69) is 4.98 Å². The van der Waals surface area contributed by atoms with E-state index >= 15 is 0 Å². The van der Waals surface area contributed by atoms with E-state index in [9.17, 15) is 0 Å². The van der Waals surface area contributed by atoms with Gasteiger partial charge in [-0.3, -0.25) is 0 Å². The van der Waals surface area contributed by atoms with Crippen molar-refractivity contribution < 1.29 is 9.84 Å². The molecular weight excluding hydrogens is 180 g/mol. The summed E-state index contributed by atoms with van der Waals surface area (Å²) in [5, 5.41) is 9.11. The number of aliphatic hydroxyl groups is 1. The van der Waals surface area contributed by atoms with Crippen LogP contribution in [-0.2, 0) is 18.1 Å². The lowest BCUT2D eigenvalue weighted by atomic mass is 10.3. The van der Waals surface area contributed by atoms with Crippen LogP contribution in [0.15, 0.2) is 24.3 Å². The van der Waals surface area contributed by atoms with Crippen molar-refractivity contribution in [2.75, 3.05) is 7.11 Å². The molecule has 0 radical (unpaired) electrons. The maximum absolute atomic E-state index is 9.11. The number of methoxy groups -OCH3 is 1. The maximum Gasteiger partial charge on any atom is 0.137 e. The Kier molecular flexibility index (Phi) is 2.47. The number of imidazole rings is 1. The van der Waals surface area contributed by atoms with Crippen molar-refractivity contribution >= 4 is 11.0 Å². The number of rotatable bonds is 3. The second kappa shape index (κ2) is 3.77. The lowest BCUT2D eigenvalue weighted by molar-refractivity contribution is 0.126. The smallest absolute Gasteiger partial charge is 0.137 e. The molecule has 1 aromatic heterocycles. The van der Waals surface area contributed by atoms with Crippen LogP contribution < -0.4 is 0 Å². The molecule has 0 unspecified atom stereocenters. The van der Waals surface area contributed by atoms with Crippen molar-refractivity contribution in [3.8, 4) is 0 Å². The van der Waals surface area contributed by atoms with Crippen LogP contribution in [0.2, 0.25) is 0 Å². The molecule has 0 aliphatic carbocycles. The molecule has 0 amide bonds. The van der Waals surface area contributed by atoms with E-state index in [4.69, 9.17) is 9.84 Å². The number of hydrogen-bond donors (Lipinski definition) is 1. The Morgan fingerprint density at radius 2 is 2.21 bits per heavy atom. The van der Waals surface area contributed by atoms with Gasteiger partial charge in [-0.2, -0.15) is 0 Å². The summed E-state index contributed by atoms with van der Waals surface area (Å²) in [6, 6.07) is 7.74. The molecule has 0 fully saturated rings. The second-order valence-corrected chi connectivity index (χ2v) is 3.02. The first-order chi connectivity index (χ1) is 6.86. The fraction of sp³-hybridized carbons (Fsp3) is 0.300. The average Bonchev–Trinajstić information content (AvgIpc) is 2.58. The summed E-state index contributed by atoms with van der Waals surface area (Å²) >= 11 is 0. The summed E-state index contributed by atoms with van der Waals surface area (Å²) in [4.78, 5) is 4.28. The van der Waals surface area contributed by atoms with Gasteiger partial charge in [-0.05, 0) is 12.1 Å².